The minimum atomic E-state index is -0.533. The molecule has 1 aromatic heterocycles. The third kappa shape index (κ3) is 1.91. The SMILES string of the molecule is CC(C(=O)NN)n1ccc2ccc([N+](=O)[O-])cc21. The highest BCUT2D eigenvalue weighted by Crippen LogP contribution is 2.24. The van der Waals surface area contributed by atoms with Crippen LogP contribution in [0.3, 0.4) is 0 Å². The van der Waals surface area contributed by atoms with Crippen molar-refractivity contribution < 1.29 is 9.72 Å². The maximum absolute atomic E-state index is 11.5. The second kappa shape index (κ2) is 4.46. The molecule has 3 N–H and O–H groups in total. The Morgan fingerprint density at radius 1 is 1.50 bits per heavy atom. The number of hydrazine groups is 1. The molecule has 0 fully saturated rings. The molecule has 0 saturated carbocycles. The Labute approximate surface area is 102 Å². The molecule has 0 aliphatic heterocycles. The molecule has 7 nitrogen and oxygen atoms in total. The smallest absolute Gasteiger partial charge is 0.271 e. The number of nitro benzene ring substituents is 1. The Morgan fingerprint density at radius 3 is 2.83 bits per heavy atom. The average molecular weight is 248 g/mol. The third-order valence-corrected chi connectivity index (χ3v) is 2.86. The first kappa shape index (κ1) is 12.1. The molecule has 18 heavy (non-hydrogen) atoms. The number of amides is 1. The zero-order chi connectivity index (χ0) is 13.3. The zero-order valence-electron chi connectivity index (χ0n) is 9.66. The second-order valence-corrected chi connectivity index (χ2v) is 3.91. The van der Waals surface area contributed by atoms with Crippen LogP contribution in [0.2, 0.25) is 0 Å². The van der Waals surface area contributed by atoms with Gasteiger partial charge in [0.1, 0.15) is 6.04 Å². The first-order valence-electron chi connectivity index (χ1n) is 5.30. The van der Waals surface area contributed by atoms with Crippen molar-refractivity contribution in [3.63, 3.8) is 0 Å². The van der Waals surface area contributed by atoms with Crippen molar-refractivity contribution in [2.45, 2.75) is 13.0 Å². The lowest BCUT2D eigenvalue weighted by molar-refractivity contribution is -0.384. The highest BCUT2D eigenvalue weighted by molar-refractivity contribution is 5.86. The topological polar surface area (TPSA) is 103 Å². The number of rotatable bonds is 3. The number of non-ortho nitro benzene ring substituents is 1. The predicted molar refractivity (Wildman–Crippen MR) is 65.6 cm³/mol. The molecule has 94 valence electrons. The van der Waals surface area contributed by atoms with Gasteiger partial charge in [0.05, 0.1) is 10.4 Å². The van der Waals surface area contributed by atoms with Crippen LogP contribution >= 0.6 is 0 Å². The van der Waals surface area contributed by atoms with Crippen LogP contribution in [0.5, 0.6) is 0 Å². The van der Waals surface area contributed by atoms with E-state index in [-0.39, 0.29) is 11.6 Å². The van der Waals surface area contributed by atoms with E-state index in [1.54, 1.807) is 29.8 Å². The van der Waals surface area contributed by atoms with Crippen molar-refractivity contribution in [1.29, 1.82) is 0 Å². The molecule has 1 unspecified atom stereocenters. The summed E-state index contributed by atoms with van der Waals surface area (Å²) >= 11 is 0. The first-order chi connectivity index (χ1) is 8.54. The molecule has 1 aromatic carbocycles. The molecule has 0 spiro atoms. The number of fused-ring (bicyclic) bond motifs is 1. The normalized spacial score (nSPS) is 12.3. The monoisotopic (exact) mass is 248 g/mol. The van der Waals surface area contributed by atoms with Crippen LogP contribution in [-0.2, 0) is 4.79 Å². The number of nitro groups is 1. The summed E-state index contributed by atoms with van der Waals surface area (Å²) in [6.07, 6.45) is 1.70. The van der Waals surface area contributed by atoms with Gasteiger partial charge in [0, 0.05) is 23.7 Å². The van der Waals surface area contributed by atoms with Crippen LogP contribution in [-0.4, -0.2) is 15.4 Å². The van der Waals surface area contributed by atoms with Crippen molar-refractivity contribution in [3.05, 3.63) is 40.6 Å². The van der Waals surface area contributed by atoms with Gasteiger partial charge >= 0.3 is 0 Å². The van der Waals surface area contributed by atoms with Crippen LogP contribution < -0.4 is 11.3 Å². The van der Waals surface area contributed by atoms with E-state index in [1.165, 1.54) is 12.1 Å². The molecule has 7 heteroatoms. The fraction of sp³-hybridized carbons (Fsp3) is 0.182. The number of hydrogen-bond acceptors (Lipinski definition) is 4. The maximum Gasteiger partial charge on any atom is 0.271 e. The molecule has 2 aromatic rings. The summed E-state index contributed by atoms with van der Waals surface area (Å²) in [4.78, 5) is 21.7. The summed E-state index contributed by atoms with van der Waals surface area (Å²) in [6.45, 7) is 1.67. The van der Waals surface area contributed by atoms with Crippen molar-refractivity contribution in [1.82, 2.24) is 9.99 Å². The zero-order valence-corrected chi connectivity index (χ0v) is 9.66. The summed E-state index contributed by atoms with van der Waals surface area (Å²) in [5.74, 6) is 4.72. The van der Waals surface area contributed by atoms with E-state index in [9.17, 15) is 14.9 Å². The number of aromatic nitrogens is 1. The Morgan fingerprint density at radius 2 is 2.22 bits per heavy atom. The summed E-state index contributed by atoms with van der Waals surface area (Å²) in [7, 11) is 0. The van der Waals surface area contributed by atoms with Gasteiger partial charge in [0.2, 0.25) is 0 Å². The van der Waals surface area contributed by atoms with Gasteiger partial charge in [-0.05, 0) is 19.1 Å². The lowest BCUT2D eigenvalue weighted by atomic mass is 10.2. The van der Waals surface area contributed by atoms with Gasteiger partial charge in [-0.15, -0.1) is 0 Å². The molecule has 0 aliphatic rings. The molecule has 0 aliphatic carbocycles. The molecular formula is C11H12N4O3. The molecule has 1 heterocycles. The molecule has 0 bridgehead atoms. The Bertz CT molecular complexity index is 620. The van der Waals surface area contributed by atoms with E-state index in [0.717, 1.165) is 5.39 Å². The van der Waals surface area contributed by atoms with Crippen LogP contribution in [0.4, 0.5) is 5.69 Å². The van der Waals surface area contributed by atoms with Crippen molar-refractivity contribution in [2.24, 2.45) is 5.84 Å². The van der Waals surface area contributed by atoms with E-state index < -0.39 is 11.0 Å². The molecule has 1 atom stereocenters. The third-order valence-electron chi connectivity index (χ3n) is 2.86. The summed E-state index contributed by atoms with van der Waals surface area (Å²) in [5, 5.41) is 11.6. The van der Waals surface area contributed by atoms with E-state index in [1.807, 2.05) is 0 Å². The molecule has 2 rings (SSSR count). The number of hydrogen-bond donors (Lipinski definition) is 2. The average Bonchev–Trinajstić information content (AvgIpc) is 2.79. The fourth-order valence-corrected chi connectivity index (χ4v) is 1.84. The Hall–Kier alpha value is -2.41. The van der Waals surface area contributed by atoms with Gasteiger partial charge in [-0.2, -0.15) is 0 Å². The number of nitrogens with two attached hydrogens (primary N) is 1. The molecule has 0 radical (unpaired) electrons. The van der Waals surface area contributed by atoms with Gasteiger partial charge in [0.25, 0.3) is 11.6 Å². The minimum Gasteiger partial charge on any atom is -0.335 e. The standard InChI is InChI=1S/C11H12N4O3/c1-7(11(16)13-12)14-5-4-8-2-3-9(15(17)18)6-10(8)14/h2-7H,12H2,1H3,(H,13,16). The first-order valence-corrected chi connectivity index (χ1v) is 5.30. The van der Waals surface area contributed by atoms with E-state index in [0.29, 0.717) is 5.52 Å². The maximum atomic E-state index is 11.5. The van der Waals surface area contributed by atoms with Gasteiger partial charge in [-0.25, -0.2) is 5.84 Å². The van der Waals surface area contributed by atoms with Gasteiger partial charge in [-0.3, -0.25) is 20.3 Å². The van der Waals surface area contributed by atoms with Crippen molar-refractivity contribution >= 4 is 22.5 Å². The van der Waals surface area contributed by atoms with E-state index in [2.05, 4.69) is 5.43 Å². The van der Waals surface area contributed by atoms with Crippen LogP contribution in [0, 0.1) is 10.1 Å². The predicted octanol–water partition coefficient (Wildman–Crippen LogP) is 1.10. The largest absolute Gasteiger partial charge is 0.335 e. The lowest BCUT2D eigenvalue weighted by Crippen LogP contribution is -2.35. The van der Waals surface area contributed by atoms with Crippen LogP contribution in [0.1, 0.15) is 13.0 Å². The van der Waals surface area contributed by atoms with Gasteiger partial charge in [-0.1, -0.05) is 0 Å². The highest BCUT2D eigenvalue weighted by atomic mass is 16.6. The summed E-state index contributed by atoms with van der Waals surface area (Å²) in [6, 6.07) is 5.78. The van der Waals surface area contributed by atoms with Crippen molar-refractivity contribution in [3.8, 4) is 0 Å². The molecular weight excluding hydrogens is 236 g/mol. The number of carbonyl (C=O) groups is 1. The summed E-state index contributed by atoms with van der Waals surface area (Å²) < 4.78 is 1.64. The minimum absolute atomic E-state index is 0.0113. The molecule has 1 amide bonds. The summed E-state index contributed by atoms with van der Waals surface area (Å²) in [5.41, 5.74) is 2.68. The fourth-order valence-electron chi connectivity index (χ4n) is 1.84. The van der Waals surface area contributed by atoms with E-state index in [4.69, 9.17) is 5.84 Å². The highest BCUT2D eigenvalue weighted by Gasteiger charge is 2.17. The van der Waals surface area contributed by atoms with Gasteiger partial charge in [0.15, 0.2) is 0 Å². The van der Waals surface area contributed by atoms with Gasteiger partial charge < -0.3 is 4.57 Å². The van der Waals surface area contributed by atoms with E-state index >= 15 is 0 Å². The number of benzene rings is 1. The second-order valence-electron chi connectivity index (χ2n) is 3.91. The van der Waals surface area contributed by atoms with Crippen LogP contribution in [0.15, 0.2) is 30.5 Å². The number of nitrogens with one attached hydrogen (secondary N) is 1. The number of carbonyl (C=O) groups excluding carboxylic acids is 1. The van der Waals surface area contributed by atoms with Crippen LogP contribution in [0.25, 0.3) is 10.9 Å². The number of nitrogens with zero attached hydrogens (tertiary/aromatic N) is 2. The Kier molecular flexibility index (Phi) is 2.99. The molecule has 0 saturated heterocycles. The lowest BCUT2D eigenvalue weighted by Gasteiger charge is -2.13. The van der Waals surface area contributed by atoms with Crippen molar-refractivity contribution in [2.75, 3.05) is 0 Å². The quantitative estimate of drug-likeness (QED) is 0.367. The Balaban J connectivity index is 2.55.